The van der Waals surface area contributed by atoms with Crippen molar-refractivity contribution in [3.8, 4) is 11.5 Å². The summed E-state index contributed by atoms with van der Waals surface area (Å²) >= 11 is 1.60. The molecule has 2 N–H and O–H groups in total. The molecule has 1 aliphatic heterocycles. The van der Waals surface area contributed by atoms with E-state index in [1.807, 2.05) is 62.4 Å². The summed E-state index contributed by atoms with van der Waals surface area (Å²) in [7, 11) is 1.64. The van der Waals surface area contributed by atoms with Crippen LogP contribution in [0.5, 0.6) is 11.5 Å². The highest BCUT2D eigenvalue weighted by molar-refractivity contribution is 8.01. The number of aromatic nitrogens is 2. The van der Waals surface area contributed by atoms with Crippen molar-refractivity contribution in [3.63, 3.8) is 0 Å². The lowest BCUT2D eigenvalue weighted by Gasteiger charge is -2.19. The molecule has 2 aromatic carbocycles. The van der Waals surface area contributed by atoms with E-state index in [2.05, 4.69) is 15.5 Å². The van der Waals surface area contributed by atoms with Crippen LogP contribution >= 0.6 is 11.8 Å². The number of hydrogen-bond acceptors (Lipinski definition) is 5. The highest BCUT2D eigenvalue weighted by atomic mass is 32.2. The van der Waals surface area contributed by atoms with Crippen molar-refractivity contribution in [2.24, 2.45) is 0 Å². The van der Waals surface area contributed by atoms with Crippen LogP contribution in [0.15, 0.2) is 48.5 Å². The Morgan fingerprint density at radius 1 is 1.14 bits per heavy atom. The number of anilines is 1. The van der Waals surface area contributed by atoms with Crippen molar-refractivity contribution in [1.29, 1.82) is 0 Å². The molecule has 6 nitrogen and oxygen atoms in total. The Bertz CT molecular complexity index is 1020. The molecular formula is C22H23N3O3S. The second-order valence-electron chi connectivity index (χ2n) is 6.94. The molecular weight excluding hydrogens is 386 g/mol. The molecule has 0 bridgehead atoms. The fourth-order valence-electron chi connectivity index (χ4n) is 3.35. The molecule has 7 heteroatoms. The number of carbonyl (C=O) groups excluding carboxylic acids is 1. The third-order valence-corrected chi connectivity index (χ3v) is 6.34. The SMILES string of the molecule is COc1cc([C@@H]2S[C@@H](C)C(=O)Nc3n[nH]c(C)c32)ccc1OCc1ccccc1. The number of aryl methyl sites for hydroxylation is 1. The standard InChI is InChI=1S/C22H23N3O3S/c1-13-19-20(29-14(2)22(26)23-21(19)25-24-13)16-9-10-17(18(11-16)27-3)28-12-15-7-5-4-6-8-15/h4-11,14,20H,12H2,1-3H3,(H2,23,24,25,26)/t14-,20-/m0/s1. The fourth-order valence-corrected chi connectivity index (χ4v) is 4.67. The molecule has 2 atom stereocenters. The van der Waals surface area contributed by atoms with Gasteiger partial charge in [0.05, 0.1) is 17.6 Å². The summed E-state index contributed by atoms with van der Waals surface area (Å²) in [6.45, 7) is 4.35. The number of H-pyrrole nitrogens is 1. The number of nitrogens with one attached hydrogen (secondary N) is 2. The van der Waals surface area contributed by atoms with Gasteiger partial charge in [-0.3, -0.25) is 9.89 Å². The summed E-state index contributed by atoms with van der Waals surface area (Å²) < 4.78 is 11.6. The first-order valence-corrected chi connectivity index (χ1v) is 10.4. The minimum atomic E-state index is -0.200. The molecule has 1 amide bonds. The van der Waals surface area contributed by atoms with Crippen LogP contribution in [0.25, 0.3) is 0 Å². The summed E-state index contributed by atoms with van der Waals surface area (Å²) in [6, 6.07) is 16.0. The summed E-state index contributed by atoms with van der Waals surface area (Å²) in [5.74, 6) is 1.90. The van der Waals surface area contributed by atoms with Gasteiger partial charge in [-0.15, -0.1) is 11.8 Å². The molecule has 0 spiro atoms. The van der Waals surface area contributed by atoms with Crippen LogP contribution in [-0.4, -0.2) is 28.5 Å². The van der Waals surface area contributed by atoms with Crippen LogP contribution in [-0.2, 0) is 11.4 Å². The second kappa shape index (κ2) is 8.21. The number of carbonyl (C=O) groups is 1. The molecule has 2 heterocycles. The number of nitrogens with zero attached hydrogens (tertiary/aromatic N) is 1. The number of benzene rings is 2. The van der Waals surface area contributed by atoms with Crippen LogP contribution < -0.4 is 14.8 Å². The van der Waals surface area contributed by atoms with Gasteiger partial charge >= 0.3 is 0 Å². The van der Waals surface area contributed by atoms with Crippen LogP contribution in [0, 0.1) is 6.92 Å². The van der Waals surface area contributed by atoms with E-state index in [4.69, 9.17) is 9.47 Å². The molecule has 0 radical (unpaired) electrons. The van der Waals surface area contributed by atoms with Gasteiger partial charge in [0.25, 0.3) is 0 Å². The minimum absolute atomic E-state index is 0.0416. The highest BCUT2D eigenvalue weighted by Gasteiger charge is 2.32. The Hall–Kier alpha value is -2.93. The number of methoxy groups -OCH3 is 1. The van der Waals surface area contributed by atoms with Crippen LogP contribution in [0.1, 0.15) is 34.6 Å². The van der Waals surface area contributed by atoms with Gasteiger partial charge in [0, 0.05) is 11.3 Å². The van der Waals surface area contributed by atoms with Crippen LogP contribution in [0.3, 0.4) is 0 Å². The number of aromatic amines is 1. The molecule has 29 heavy (non-hydrogen) atoms. The first-order chi connectivity index (χ1) is 14.1. The zero-order chi connectivity index (χ0) is 20.4. The third-order valence-electron chi connectivity index (χ3n) is 4.94. The number of ether oxygens (including phenoxy) is 2. The van der Waals surface area contributed by atoms with Crippen molar-refractivity contribution in [1.82, 2.24) is 10.2 Å². The molecule has 1 aliphatic rings. The van der Waals surface area contributed by atoms with Crippen LogP contribution in [0.2, 0.25) is 0 Å². The van der Waals surface area contributed by atoms with Gasteiger partial charge in [0.1, 0.15) is 6.61 Å². The molecule has 4 rings (SSSR count). The first-order valence-electron chi connectivity index (χ1n) is 9.42. The number of rotatable bonds is 5. The maximum absolute atomic E-state index is 12.3. The third kappa shape index (κ3) is 3.96. The van der Waals surface area contributed by atoms with Gasteiger partial charge in [-0.25, -0.2) is 0 Å². The van der Waals surface area contributed by atoms with Gasteiger partial charge in [0.2, 0.25) is 5.91 Å². The molecule has 150 valence electrons. The maximum atomic E-state index is 12.3. The molecule has 0 unspecified atom stereocenters. The van der Waals surface area contributed by atoms with Crippen molar-refractivity contribution in [2.75, 3.05) is 12.4 Å². The summed E-state index contributed by atoms with van der Waals surface area (Å²) in [4.78, 5) is 12.3. The van der Waals surface area contributed by atoms with E-state index in [0.29, 0.717) is 23.9 Å². The molecule has 1 aromatic heterocycles. The second-order valence-corrected chi connectivity index (χ2v) is 8.39. The monoisotopic (exact) mass is 409 g/mol. The summed E-state index contributed by atoms with van der Waals surface area (Å²) in [5.41, 5.74) is 4.06. The Labute approximate surface area is 174 Å². The van der Waals surface area contributed by atoms with Gasteiger partial charge in [-0.05, 0) is 37.1 Å². The average Bonchev–Trinajstić information content (AvgIpc) is 3.04. The largest absolute Gasteiger partial charge is 0.493 e. The van der Waals surface area contributed by atoms with Gasteiger partial charge in [-0.2, -0.15) is 5.10 Å². The Kier molecular flexibility index (Phi) is 5.49. The maximum Gasteiger partial charge on any atom is 0.238 e. The van der Waals surface area contributed by atoms with Crippen molar-refractivity contribution >= 4 is 23.5 Å². The van der Waals surface area contributed by atoms with Crippen molar-refractivity contribution < 1.29 is 14.3 Å². The zero-order valence-electron chi connectivity index (χ0n) is 16.6. The van der Waals surface area contributed by atoms with Gasteiger partial charge < -0.3 is 14.8 Å². The Balaban J connectivity index is 1.64. The molecule has 0 saturated heterocycles. The number of thioether (sulfide) groups is 1. The topological polar surface area (TPSA) is 76.2 Å². The van der Waals surface area contributed by atoms with E-state index in [1.54, 1.807) is 18.9 Å². The van der Waals surface area contributed by atoms with E-state index >= 15 is 0 Å². The summed E-state index contributed by atoms with van der Waals surface area (Å²) in [6.07, 6.45) is 0. The lowest BCUT2D eigenvalue weighted by atomic mass is 10.0. The molecule has 3 aromatic rings. The number of amides is 1. The Morgan fingerprint density at radius 2 is 1.93 bits per heavy atom. The minimum Gasteiger partial charge on any atom is -0.493 e. The highest BCUT2D eigenvalue weighted by Crippen LogP contribution is 2.46. The molecule has 0 aliphatic carbocycles. The molecule has 0 saturated carbocycles. The Morgan fingerprint density at radius 3 is 2.69 bits per heavy atom. The van der Waals surface area contributed by atoms with Crippen LogP contribution in [0.4, 0.5) is 5.82 Å². The zero-order valence-corrected chi connectivity index (χ0v) is 17.4. The predicted octanol–water partition coefficient (Wildman–Crippen LogP) is 4.47. The summed E-state index contributed by atoms with van der Waals surface area (Å²) in [5, 5.41) is 9.93. The van der Waals surface area contributed by atoms with E-state index < -0.39 is 0 Å². The number of hydrogen-bond donors (Lipinski definition) is 2. The average molecular weight is 410 g/mol. The van der Waals surface area contributed by atoms with Crippen molar-refractivity contribution in [2.45, 2.75) is 31.0 Å². The number of fused-ring (bicyclic) bond motifs is 1. The van der Waals surface area contributed by atoms with Gasteiger partial charge in [-0.1, -0.05) is 36.4 Å². The van der Waals surface area contributed by atoms with E-state index in [0.717, 1.165) is 22.4 Å². The lowest BCUT2D eigenvalue weighted by Crippen LogP contribution is -2.21. The molecule has 0 fully saturated rings. The van der Waals surface area contributed by atoms with E-state index in [-0.39, 0.29) is 16.4 Å². The van der Waals surface area contributed by atoms with E-state index in [1.165, 1.54) is 0 Å². The normalized spacial score (nSPS) is 18.5. The predicted molar refractivity (Wildman–Crippen MR) is 115 cm³/mol. The fraction of sp³-hybridized carbons (Fsp3) is 0.273. The first kappa shape index (κ1) is 19.4. The smallest absolute Gasteiger partial charge is 0.238 e. The van der Waals surface area contributed by atoms with Crippen molar-refractivity contribution in [3.05, 3.63) is 70.9 Å². The van der Waals surface area contributed by atoms with Gasteiger partial charge in [0.15, 0.2) is 17.3 Å². The quantitative estimate of drug-likeness (QED) is 0.650. The van der Waals surface area contributed by atoms with E-state index in [9.17, 15) is 4.79 Å². The lowest BCUT2D eigenvalue weighted by molar-refractivity contribution is -0.115.